The smallest absolute Gasteiger partial charge is 0.462 e. The number of esters is 1. The van der Waals surface area contributed by atoms with Crippen LogP contribution in [0.1, 0.15) is 6.42 Å². The summed E-state index contributed by atoms with van der Waals surface area (Å²) in [6, 6.07) is 0. The molecule has 0 aliphatic carbocycles. The van der Waals surface area contributed by atoms with Crippen LogP contribution in [0.3, 0.4) is 0 Å². The Kier molecular flexibility index (Phi) is 12.7. The van der Waals surface area contributed by atoms with Crippen molar-refractivity contribution in [1.29, 1.82) is 0 Å². The van der Waals surface area contributed by atoms with E-state index in [2.05, 4.69) is 11.3 Å². The van der Waals surface area contributed by atoms with Crippen LogP contribution in [0.25, 0.3) is 0 Å². The molecule has 0 spiro atoms. The Hall–Kier alpha value is -0.810. The Morgan fingerprint density at radius 1 is 1.54 bits per heavy atom. The molecule has 7 heteroatoms. The van der Waals surface area contributed by atoms with E-state index in [1.54, 1.807) is 0 Å². The Labute approximate surface area is 76.4 Å². The molecule has 0 unspecified atom stereocenters. The van der Waals surface area contributed by atoms with Crippen LogP contribution in [-0.2, 0) is 14.1 Å². The van der Waals surface area contributed by atoms with E-state index in [1.165, 1.54) is 0 Å². The van der Waals surface area contributed by atoms with E-state index in [-0.39, 0.29) is 13.2 Å². The van der Waals surface area contributed by atoms with Gasteiger partial charge < -0.3 is 9.84 Å². The summed E-state index contributed by atoms with van der Waals surface area (Å²) in [5.74, 6) is -0.441. The number of hydrogen-bond donors (Lipinski definition) is 3. The fraction of sp³-hybridized carbons (Fsp3) is 0.500. The first-order chi connectivity index (χ1) is 6.04. The highest BCUT2D eigenvalue weighted by molar-refractivity contribution is 7.30. The fourth-order valence-electron chi connectivity index (χ4n) is 0.296. The van der Waals surface area contributed by atoms with Crippen molar-refractivity contribution in [3.63, 3.8) is 0 Å². The van der Waals surface area contributed by atoms with E-state index in [9.17, 15) is 4.79 Å². The van der Waals surface area contributed by atoms with Gasteiger partial charge in [-0.1, -0.05) is 6.58 Å². The van der Waals surface area contributed by atoms with Crippen LogP contribution in [0, 0.1) is 0 Å². The van der Waals surface area contributed by atoms with Gasteiger partial charge in [0.25, 0.3) is 0 Å². The van der Waals surface area contributed by atoms with Gasteiger partial charge in [0.2, 0.25) is 0 Å². The second-order valence-electron chi connectivity index (χ2n) is 1.70. The topological polar surface area (TPSA) is 104 Å². The highest BCUT2D eigenvalue weighted by Crippen LogP contribution is 1.98. The molecule has 0 aromatic rings. The number of carbonyl (C=O) groups is 1. The first-order valence-corrected chi connectivity index (χ1v) is 4.46. The summed E-state index contributed by atoms with van der Waals surface area (Å²) in [5.41, 5.74) is 0. The summed E-state index contributed by atoms with van der Waals surface area (Å²) in [6.45, 7) is 3.51. The van der Waals surface area contributed by atoms with Gasteiger partial charge in [-0.15, -0.1) is 9.79 Å². The zero-order chi connectivity index (χ0) is 10.7. The second-order valence-corrected chi connectivity index (χ2v) is 2.21. The Bertz CT molecular complexity index is 165. The molecule has 0 bridgehead atoms. The monoisotopic (exact) mass is 211 g/mol. The van der Waals surface area contributed by atoms with Gasteiger partial charge in [-0.2, -0.15) is 0 Å². The highest BCUT2D eigenvalue weighted by Gasteiger charge is 1.93. The molecular formula is C6H12O6P+. The minimum atomic E-state index is -2.87. The lowest BCUT2D eigenvalue weighted by molar-refractivity contribution is -0.137. The average Bonchev–Trinajstić information content (AvgIpc) is 2.03. The average molecular weight is 211 g/mol. The SMILES string of the molecule is C=CC(=O)OCCCO.O=[P+](O)O. The summed E-state index contributed by atoms with van der Waals surface area (Å²) in [4.78, 5) is 24.5. The molecule has 76 valence electrons. The zero-order valence-electron chi connectivity index (χ0n) is 6.92. The minimum Gasteiger partial charge on any atom is -0.462 e. The lowest BCUT2D eigenvalue weighted by atomic mass is 10.5. The maximum atomic E-state index is 10.3. The molecule has 13 heavy (non-hydrogen) atoms. The molecule has 0 rings (SSSR count). The Balaban J connectivity index is 0. The number of hydrogen-bond acceptors (Lipinski definition) is 4. The summed E-state index contributed by atoms with van der Waals surface area (Å²) in [5, 5.41) is 8.23. The van der Waals surface area contributed by atoms with Gasteiger partial charge in [-0.25, -0.2) is 4.79 Å². The molecule has 0 saturated carbocycles. The van der Waals surface area contributed by atoms with Crippen molar-refractivity contribution in [1.82, 2.24) is 0 Å². The van der Waals surface area contributed by atoms with Crippen LogP contribution >= 0.6 is 8.25 Å². The number of carbonyl (C=O) groups excluding carboxylic acids is 1. The maximum absolute atomic E-state index is 10.3. The molecule has 6 nitrogen and oxygen atoms in total. The largest absolute Gasteiger partial charge is 0.692 e. The first kappa shape index (κ1) is 14.7. The molecular weight excluding hydrogens is 199 g/mol. The van der Waals surface area contributed by atoms with Crippen LogP contribution in [0.15, 0.2) is 12.7 Å². The molecule has 0 atom stereocenters. The molecule has 3 N–H and O–H groups in total. The van der Waals surface area contributed by atoms with Crippen molar-refractivity contribution in [2.24, 2.45) is 0 Å². The van der Waals surface area contributed by atoms with Crippen LogP contribution in [0.2, 0.25) is 0 Å². The van der Waals surface area contributed by atoms with Crippen LogP contribution in [0.4, 0.5) is 0 Å². The molecule has 0 heterocycles. The van der Waals surface area contributed by atoms with E-state index >= 15 is 0 Å². The third-order valence-electron chi connectivity index (χ3n) is 0.713. The minimum absolute atomic E-state index is 0.0461. The molecule has 0 aliphatic heterocycles. The van der Waals surface area contributed by atoms with Crippen LogP contribution in [-0.4, -0.2) is 34.1 Å². The van der Waals surface area contributed by atoms with Crippen LogP contribution in [0.5, 0.6) is 0 Å². The molecule has 0 radical (unpaired) electrons. The third kappa shape index (κ3) is 24.7. The highest BCUT2D eigenvalue weighted by atomic mass is 31.1. The van der Waals surface area contributed by atoms with E-state index in [0.29, 0.717) is 6.42 Å². The maximum Gasteiger partial charge on any atom is 0.692 e. The number of aliphatic hydroxyl groups is 1. The van der Waals surface area contributed by atoms with Gasteiger partial charge in [0.1, 0.15) is 0 Å². The van der Waals surface area contributed by atoms with Gasteiger partial charge in [-0.05, 0) is 0 Å². The van der Waals surface area contributed by atoms with Crippen LogP contribution < -0.4 is 0 Å². The predicted octanol–water partition coefficient (Wildman–Crippen LogP) is -0.274. The quantitative estimate of drug-likeness (QED) is 0.256. The van der Waals surface area contributed by atoms with E-state index < -0.39 is 14.2 Å². The first-order valence-electron chi connectivity index (χ1n) is 3.29. The van der Waals surface area contributed by atoms with Gasteiger partial charge in [0, 0.05) is 23.7 Å². The molecule has 0 aliphatic rings. The van der Waals surface area contributed by atoms with E-state index in [1.807, 2.05) is 0 Å². The molecule has 0 amide bonds. The normalized spacial score (nSPS) is 7.92. The van der Waals surface area contributed by atoms with Crippen molar-refractivity contribution in [2.75, 3.05) is 13.2 Å². The number of aliphatic hydroxyl groups excluding tert-OH is 1. The van der Waals surface area contributed by atoms with Crippen molar-refractivity contribution in [3.05, 3.63) is 12.7 Å². The fourth-order valence-corrected chi connectivity index (χ4v) is 0.296. The van der Waals surface area contributed by atoms with Gasteiger partial charge in [0.05, 0.1) is 6.61 Å². The summed E-state index contributed by atoms with van der Waals surface area (Å²) in [6.07, 6.45) is 1.58. The Morgan fingerprint density at radius 3 is 2.31 bits per heavy atom. The van der Waals surface area contributed by atoms with Crippen molar-refractivity contribution in [2.45, 2.75) is 6.42 Å². The summed E-state index contributed by atoms with van der Waals surface area (Å²) in [7, 11) is -2.87. The second kappa shape index (κ2) is 11.2. The van der Waals surface area contributed by atoms with Gasteiger partial charge in [-0.3, -0.25) is 0 Å². The Morgan fingerprint density at radius 2 is 2.00 bits per heavy atom. The zero-order valence-corrected chi connectivity index (χ0v) is 7.81. The lowest BCUT2D eigenvalue weighted by Crippen LogP contribution is -2.02. The standard InChI is InChI=1S/C6H10O3.HO3P/c1-2-6(8)9-5-3-4-7;1-4(2)3/h2,7H,1,3-5H2;(H-,1,2,3)/p+1. The number of ether oxygens (including phenoxy) is 1. The van der Waals surface area contributed by atoms with Crippen molar-refractivity contribution < 1.29 is 29.0 Å². The summed E-state index contributed by atoms with van der Waals surface area (Å²) < 4.78 is 13.2. The summed E-state index contributed by atoms with van der Waals surface area (Å²) >= 11 is 0. The molecule has 0 aromatic heterocycles. The van der Waals surface area contributed by atoms with E-state index in [4.69, 9.17) is 19.5 Å². The van der Waals surface area contributed by atoms with Crippen molar-refractivity contribution in [3.8, 4) is 0 Å². The third-order valence-corrected chi connectivity index (χ3v) is 0.713. The molecule has 0 fully saturated rings. The van der Waals surface area contributed by atoms with Gasteiger partial charge >= 0.3 is 14.2 Å². The van der Waals surface area contributed by atoms with Crippen molar-refractivity contribution >= 4 is 14.2 Å². The number of rotatable bonds is 4. The predicted molar refractivity (Wildman–Crippen MR) is 44.9 cm³/mol. The van der Waals surface area contributed by atoms with E-state index in [0.717, 1.165) is 6.08 Å². The molecule has 0 saturated heterocycles. The molecule has 0 aromatic carbocycles. The lowest BCUT2D eigenvalue weighted by Gasteiger charge is -1.96. The van der Waals surface area contributed by atoms with Gasteiger partial charge in [0.15, 0.2) is 0 Å².